The van der Waals surface area contributed by atoms with Crippen molar-refractivity contribution in [3.05, 3.63) is 36.2 Å². The number of nitrogens with one attached hydrogen (secondary N) is 1. The van der Waals surface area contributed by atoms with Gasteiger partial charge in [0.15, 0.2) is 0 Å². The van der Waals surface area contributed by atoms with Crippen LogP contribution in [0.4, 0.5) is 0 Å². The fourth-order valence-corrected chi connectivity index (χ4v) is 2.32. The first-order valence-electron chi connectivity index (χ1n) is 7.15. The first kappa shape index (κ1) is 13.9. The molecule has 0 fully saturated rings. The van der Waals surface area contributed by atoms with Crippen LogP contribution in [0.15, 0.2) is 30.5 Å². The van der Waals surface area contributed by atoms with Crippen LogP contribution in [0, 0.1) is 5.92 Å². The van der Waals surface area contributed by atoms with E-state index >= 15 is 0 Å². The molecule has 0 aliphatic carbocycles. The van der Waals surface area contributed by atoms with Crippen molar-refractivity contribution in [3.8, 4) is 0 Å². The molecule has 1 unspecified atom stereocenters. The monoisotopic (exact) mass is 257 g/mol. The SMILES string of the molecule is CCCNC(Cc1nncc2ccccc12)C(C)C. The van der Waals surface area contributed by atoms with Crippen molar-refractivity contribution in [2.45, 2.75) is 39.7 Å². The van der Waals surface area contributed by atoms with Crippen molar-refractivity contribution in [3.63, 3.8) is 0 Å². The molecule has 1 atom stereocenters. The van der Waals surface area contributed by atoms with Crippen LogP contribution in [0.3, 0.4) is 0 Å². The molecule has 0 radical (unpaired) electrons. The number of aromatic nitrogens is 2. The minimum Gasteiger partial charge on any atom is -0.313 e. The van der Waals surface area contributed by atoms with Gasteiger partial charge in [-0.3, -0.25) is 0 Å². The molecule has 0 amide bonds. The second-order valence-corrected chi connectivity index (χ2v) is 5.39. The maximum Gasteiger partial charge on any atom is 0.0724 e. The summed E-state index contributed by atoms with van der Waals surface area (Å²) >= 11 is 0. The fourth-order valence-electron chi connectivity index (χ4n) is 2.32. The Labute approximate surface area is 115 Å². The van der Waals surface area contributed by atoms with Gasteiger partial charge in [-0.05, 0) is 18.9 Å². The van der Waals surface area contributed by atoms with Crippen LogP contribution in [-0.2, 0) is 6.42 Å². The lowest BCUT2D eigenvalue weighted by molar-refractivity contribution is 0.394. The Balaban J connectivity index is 2.23. The van der Waals surface area contributed by atoms with E-state index in [4.69, 9.17) is 0 Å². The third-order valence-electron chi connectivity index (χ3n) is 3.52. The first-order valence-corrected chi connectivity index (χ1v) is 7.15. The minimum atomic E-state index is 0.458. The summed E-state index contributed by atoms with van der Waals surface area (Å²) in [6, 6.07) is 8.80. The molecule has 0 bridgehead atoms. The van der Waals surface area contributed by atoms with E-state index in [1.54, 1.807) is 0 Å². The van der Waals surface area contributed by atoms with Crippen LogP contribution >= 0.6 is 0 Å². The zero-order chi connectivity index (χ0) is 13.7. The average Bonchev–Trinajstić information content (AvgIpc) is 2.43. The van der Waals surface area contributed by atoms with Crippen molar-refractivity contribution in [2.75, 3.05) is 6.54 Å². The summed E-state index contributed by atoms with van der Waals surface area (Å²) < 4.78 is 0. The molecular weight excluding hydrogens is 234 g/mol. The first-order chi connectivity index (χ1) is 9.22. The normalized spacial score (nSPS) is 13.1. The Kier molecular flexibility index (Phi) is 4.86. The number of hydrogen-bond acceptors (Lipinski definition) is 3. The Morgan fingerprint density at radius 3 is 2.74 bits per heavy atom. The summed E-state index contributed by atoms with van der Waals surface area (Å²) in [6.07, 6.45) is 3.93. The van der Waals surface area contributed by atoms with Crippen LogP contribution < -0.4 is 5.32 Å². The largest absolute Gasteiger partial charge is 0.313 e. The molecule has 0 aliphatic rings. The lowest BCUT2D eigenvalue weighted by atomic mass is 9.97. The summed E-state index contributed by atoms with van der Waals surface area (Å²) in [4.78, 5) is 0. The highest BCUT2D eigenvalue weighted by Crippen LogP contribution is 2.18. The zero-order valence-corrected chi connectivity index (χ0v) is 12.1. The molecule has 3 nitrogen and oxygen atoms in total. The lowest BCUT2D eigenvalue weighted by Crippen LogP contribution is -2.36. The van der Waals surface area contributed by atoms with Crippen LogP contribution in [0.5, 0.6) is 0 Å². The van der Waals surface area contributed by atoms with Crippen LogP contribution in [-0.4, -0.2) is 22.8 Å². The zero-order valence-electron chi connectivity index (χ0n) is 12.1. The van der Waals surface area contributed by atoms with Crippen molar-refractivity contribution < 1.29 is 0 Å². The molecule has 1 aromatic heterocycles. The van der Waals surface area contributed by atoms with Crippen molar-refractivity contribution in [1.82, 2.24) is 15.5 Å². The van der Waals surface area contributed by atoms with Crippen LogP contribution in [0.1, 0.15) is 32.9 Å². The van der Waals surface area contributed by atoms with Gasteiger partial charge in [0.05, 0.1) is 11.9 Å². The predicted molar refractivity (Wildman–Crippen MR) is 80.2 cm³/mol. The Morgan fingerprint density at radius 2 is 2.00 bits per heavy atom. The van der Waals surface area contributed by atoms with E-state index in [2.05, 4.69) is 54.5 Å². The summed E-state index contributed by atoms with van der Waals surface area (Å²) in [5.41, 5.74) is 1.10. The quantitative estimate of drug-likeness (QED) is 0.863. The molecule has 1 aromatic carbocycles. The number of nitrogens with zero attached hydrogens (tertiary/aromatic N) is 2. The highest BCUT2D eigenvalue weighted by atomic mass is 15.1. The Bertz CT molecular complexity index is 517. The molecule has 2 aromatic rings. The summed E-state index contributed by atoms with van der Waals surface area (Å²) in [6.45, 7) is 7.76. The van der Waals surface area contributed by atoms with E-state index in [9.17, 15) is 0 Å². The highest BCUT2D eigenvalue weighted by Gasteiger charge is 2.15. The molecule has 19 heavy (non-hydrogen) atoms. The second-order valence-electron chi connectivity index (χ2n) is 5.39. The lowest BCUT2D eigenvalue weighted by Gasteiger charge is -2.22. The highest BCUT2D eigenvalue weighted by molar-refractivity contribution is 5.83. The molecular formula is C16H23N3. The molecule has 0 aliphatic heterocycles. The molecule has 1 N–H and O–H groups in total. The second kappa shape index (κ2) is 6.62. The van der Waals surface area contributed by atoms with E-state index in [0.717, 1.165) is 25.1 Å². The maximum absolute atomic E-state index is 4.35. The van der Waals surface area contributed by atoms with Crippen molar-refractivity contribution in [1.29, 1.82) is 0 Å². The number of hydrogen-bond donors (Lipinski definition) is 1. The van der Waals surface area contributed by atoms with Gasteiger partial charge in [-0.1, -0.05) is 45.0 Å². The Hall–Kier alpha value is -1.48. The number of benzene rings is 1. The van der Waals surface area contributed by atoms with Gasteiger partial charge < -0.3 is 5.32 Å². The minimum absolute atomic E-state index is 0.458. The van der Waals surface area contributed by atoms with Gasteiger partial charge in [0.25, 0.3) is 0 Å². The molecule has 0 saturated heterocycles. The molecule has 0 saturated carbocycles. The van der Waals surface area contributed by atoms with E-state index in [1.165, 1.54) is 10.8 Å². The fraction of sp³-hybridized carbons (Fsp3) is 0.500. The third-order valence-corrected chi connectivity index (χ3v) is 3.52. The van der Waals surface area contributed by atoms with Crippen molar-refractivity contribution in [2.24, 2.45) is 5.92 Å². The summed E-state index contributed by atoms with van der Waals surface area (Å²) in [5.74, 6) is 0.590. The molecule has 2 rings (SSSR count). The smallest absolute Gasteiger partial charge is 0.0724 e. The standard InChI is InChI=1S/C16H23N3/c1-4-9-17-15(12(2)3)10-16-14-8-6-5-7-13(14)11-18-19-16/h5-8,11-12,15,17H,4,9-10H2,1-3H3. The molecule has 102 valence electrons. The van der Waals surface area contributed by atoms with E-state index < -0.39 is 0 Å². The van der Waals surface area contributed by atoms with Gasteiger partial charge in [0.1, 0.15) is 0 Å². The number of rotatable bonds is 6. The Morgan fingerprint density at radius 1 is 1.21 bits per heavy atom. The predicted octanol–water partition coefficient (Wildman–Crippen LogP) is 3.20. The molecule has 1 heterocycles. The topological polar surface area (TPSA) is 37.8 Å². The van der Waals surface area contributed by atoms with Crippen LogP contribution in [0.2, 0.25) is 0 Å². The summed E-state index contributed by atoms with van der Waals surface area (Å²) in [5, 5.41) is 14.5. The molecule has 0 spiro atoms. The van der Waals surface area contributed by atoms with Gasteiger partial charge in [0, 0.05) is 23.2 Å². The third kappa shape index (κ3) is 3.51. The van der Waals surface area contributed by atoms with Gasteiger partial charge in [-0.15, -0.1) is 0 Å². The van der Waals surface area contributed by atoms with E-state index in [-0.39, 0.29) is 0 Å². The van der Waals surface area contributed by atoms with Gasteiger partial charge in [0.2, 0.25) is 0 Å². The average molecular weight is 257 g/mol. The maximum atomic E-state index is 4.35. The van der Waals surface area contributed by atoms with Gasteiger partial charge in [-0.2, -0.15) is 10.2 Å². The summed E-state index contributed by atoms with van der Waals surface area (Å²) in [7, 11) is 0. The van der Waals surface area contributed by atoms with Crippen LogP contribution in [0.25, 0.3) is 10.8 Å². The number of fused-ring (bicyclic) bond motifs is 1. The van der Waals surface area contributed by atoms with Gasteiger partial charge in [-0.25, -0.2) is 0 Å². The van der Waals surface area contributed by atoms with E-state index in [0.29, 0.717) is 12.0 Å². The van der Waals surface area contributed by atoms with Gasteiger partial charge >= 0.3 is 0 Å². The van der Waals surface area contributed by atoms with Crippen molar-refractivity contribution >= 4 is 10.8 Å². The molecule has 3 heteroatoms. The van der Waals surface area contributed by atoms with E-state index in [1.807, 2.05) is 12.3 Å².